The van der Waals surface area contributed by atoms with Crippen LogP contribution in [0, 0.1) is 11.2 Å². The van der Waals surface area contributed by atoms with Gasteiger partial charge >= 0.3 is 0 Å². The smallest absolute Gasteiger partial charge is 0.202 e. The average molecular weight is 446 g/mol. The summed E-state index contributed by atoms with van der Waals surface area (Å²) in [4.78, 5) is 14.2. The van der Waals surface area contributed by atoms with Crippen LogP contribution >= 0.6 is 11.6 Å². The normalized spacial score (nSPS) is 20.5. The lowest BCUT2D eigenvalue weighted by Crippen LogP contribution is -2.39. The van der Waals surface area contributed by atoms with Crippen LogP contribution in [0.2, 0.25) is 5.02 Å². The molecule has 1 aliphatic carbocycles. The summed E-state index contributed by atoms with van der Waals surface area (Å²) in [5.74, 6) is -0.286. The molecular formula is C20H21ClFN7O2. The first-order chi connectivity index (χ1) is 15.0. The molecule has 0 bridgehead atoms. The second-order valence-electron chi connectivity index (χ2n) is 7.58. The Kier molecular flexibility index (Phi) is 5.22. The first kappa shape index (κ1) is 20.1. The largest absolute Gasteiger partial charge is 0.375 e. The summed E-state index contributed by atoms with van der Waals surface area (Å²) >= 11 is 5.80. The Balaban J connectivity index is 1.30. The van der Waals surface area contributed by atoms with Crippen molar-refractivity contribution in [3.63, 3.8) is 0 Å². The number of aromatic amines is 1. The summed E-state index contributed by atoms with van der Waals surface area (Å²) in [5.41, 5.74) is 1.49. The van der Waals surface area contributed by atoms with Crippen LogP contribution < -0.4 is 10.4 Å². The van der Waals surface area contributed by atoms with Crippen molar-refractivity contribution < 1.29 is 14.3 Å². The van der Waals surface area contributed by atoms with Crippen molar-refractivity contribution >= 4 is 40.2 Å². The molecular weight excluding hydrogens is 425 g/mol. The van der Waals surface area contributed by atoms with Crippen LogP contribution in [0.1, 0.15) is 12.0 Å². The summed E-state index contributed by atoms with van der Waals surface area (Å²) < 4.78 is 19.0. The second-order valence-corrected chi connectivity index (χ2v) is 7.98. The van der Waals surface area contributed by atoms with E-state index in [4.69, 9.17) is 21.7 Å². The summed E-state index contributed by atoms with van der Waals surface area (Å²) in [6.45, 7) is 3.30. The Morgan fingerprint density at radius 1 is 1.45 bits per heavy atom. The molecule has 0 radical (unpaired) electrons. The minimum Gasteiger partial charge on any atom is -0.375 e. The van der Waals surface area contributed by atoms with Crippen molar-refractivity contribution in [3.05, 3.63) is 46.9 Å². The van der Waals surface area contributed by atoms with E-state index >= 15 is 0 Å². The van der Waals surface area contributed by atoms with Gasteiger partial charge in [0, 0.05) is 37.4 Å². The number of aromatic nitrogens is 3. The highest BCUT2D eigenvalue weighted by Gasteiger charge is 2.45. The number of fused-ring (bicyclic) bond motifs is 2. The molecule has 11 heteroatoms. The van der Waals surface area contributed by atoms with Crippen molar-refractivity contribution in [3.8, 4) is 0 Å². The Labute approximate surface area is 182 Å². The van der Waals surface area contributed by atoms with Gasteiger partial charge in [-0.15, -0.1) is 0 Å². The van der Waals surface area contributed by atoms with Crippen molar-refractivity contribution in [2.24, 2.45) is 0 Å². The molecule has 1 aromatic carbocycles. The molecule has 3 aromatic rings. The number of nitrogens with zero attached hydrogens (tertiary/aromatic N) is 4. The molecule has 2 unspecified atom stereocenters. The van der Waals surface area contributed by atoms with E-state index in [0.29, 0.717) is 46.4 Å². The maximum Gasteiger partial charge on any atom is 0.202 e. The number of rotatable bonds is 6. The fraction of sp³-hybridized carbons (Fsp3) is 0.350. The van der Waals surface area contributed by atoms with E-state index in [-0.39, 0.29) is 16.5 Å². The number of H-pyrrole nitrogens is 1. The number of imidazole rings is 1. The molecule has 2 atom stereocenters. The minimum atomic E-state index is -0.602. The Hall–Kier alpha value is -2.79. The van der Waals surface area contributed by atoms with Crippen LogP contribution in [0.4, 0.5) is 16.0 Å². The van der Waals surface area contributed by atoms with Gasteiger partial charge in [-0.25, -0.2) is 14.4 Å². The van der Waals surface area contributed by atoms with E-state index in [2.05, 4.69) is 25.2 Å². The zero-order valence-electron chi connectivity index (χ0n) is 16.5. The van der Waals surface area contributed by atoms with Crippen molar-refractivity contribution in [2.45, 2.75) is 18.6 Å². The molecule has 4 N–H and O–H groups in total. The SMILES string of the molecule is N=C(c1ccnc2nc(NCCN3CCOC4CC43)[nH]c12)N(O)c1ccc(F)c(Cl)c1. The van der Waals surface area contributed by atoms with Gasteiger partial charge in [-0.3, -0.25) is 15.5 Å². The first-order valence-electron chi connectivity index (χ1n) is 9.98. The highest BCUT2D eigenvalue weighted by Crippen LogP contribution is 2.34. The number of anilines is 2. The number of amidine groups is 1. The number of nitrogens with one attached hydrogen (secondary N) is 3. The zero-order valence-corrected chi connectivity index (χ0v) is 17.2. The predicted octanol–water partition coefficient (Wildman–Crippen LogP) is 2.86. The number of hydrogen-bond acceptors (Lipinski definition) is 7. The lowest BCUT2D eigenvalue weighted by atomic mass is 10.2. The van der Waals surface area contributed by atoms with Crippen LogP contribution in [0.25, 0.3) is 11.2 Å². The molecule has 162 valence electrons. The number of halogens is 2. The van der Waals surface area contributed by atoms with Crippen LogP contribution in [-0.2, 0) is 4.74 Å². The van der Waals surface area contributed by atoms with Gasteiger partial charge in [-0.2, -0.15) is 4.98 Å². The minimum absolute atomic E-state index is 0.143. The van der Waals surface area contributed by atoms with Gasteiger partial charge in [0.2, 0.25) is 5.95 Å². The quantitative estimate of drug-likeness (QED) is 0.262. The van der Waals surface area contributed by atoms with E-state index in [9.17, 15) is 9.60 Å². The molecule has 1 saturated carbocycles. The summed E-state index contributed by atoms with van der Waals surface area (Å²) in [7, 11) is 0. The standard InChI is InChI=1S/C20H21ClFN7O2/c21-13-9-11(1-2-14(13)22)29(30)18(23)12-3-4-24-19-17(12)26-20(27-19)25-5-6-28-7-8-31-16-10-15(16)28/h1-4,9,15-16,23,30H,5-8,10H2,(H2,24,25,26,27). The summed E-state index contributed by atoms with van der Waals surface area (Å²) in [5, 5.41) is 22.7. The monoisotopic (exact) mass is 445 g/mol. The maximum atomic E-state index is 13.4. The van der Waals surface area contributed by atoms with Crippen molar-refractivity contribution in [2.75, 3.05) is 36.6 Å². The van der Waals surface area contributed by atoms with Gasteiger partial charge in [0.05, 0.1) is 28.9 Å². The number of pyridine rings is 1. The molecule has 1 saturated heterocycles. The molecule has 1 aliphatic heterocycles. The van der Waals surface area contributed by atoms with Crippen molar-refractivity contribution in [1.29, 1.82) is 5.41 Å². The van der Waals surface area contributed by atoms with E-state index < -0.39 is 5.82 Å². The third kappa shape index (κ3) is 3.94. The second kappa shape index (κ2) is 8.04. The number of morpholine rings is 1. The average Bonchev–Trinajstić information content (AvgIpc) is 3.46. The molecule has 0 spiro atoms. The Morgan fingerprint density at radius 3 is 3.16 bits per heavy atom. The molecule has 2 aliphatic rings. The van der Waals surface area contributed by atoms with Crippen molar-refractivity contribution in [1.82, 2.24) is 19.9 Å². The van der Waals surface area contributed by atoms with E-state index in [1.54, 1.807) is 6.07 Å². The van der Waals surface area contributed by atoms with Crippen LogP contribution in [-0.4, -0.2) is 69.3 Å². The van der Waals surface area contributed by atoms with E-state index in [1.807, 2.05) is 0 Å². The molecule has 5 rings (SSSR count). The fourth-order valence-electron chi connectivity index (χ4n) is 3.86. The number of ether oxygens (including phenoxy) is 1. The van der Waals surface area contributed by atoms with Gasteiger partial charge in [0.15, 0.2) is 11.5 Å². The fourth-order valence-corrected chi connectivity index (χ4v) is 4.03. The highest BCUT2D eigenvalue weighted by atomic mass is 35.5. The zero-order chi connectivity index (χ0) is 21.5. The van der Waals surface area contributed by atoms with Gasteiger partial charge in [-0.05, 0) is 30.7 Å². The van der Waals surface area contributed by atoms with Gasteiger partial charge in [-0.1, -0.05) is 11.6 Å². The van der Waals surface area contributed by atoms with Crippen LogP contribution in [0.3, 0.4) is 0 Å². The molecule has 9 nitrogen and oxygen atoms in total. The molecule has 31 heavy (non-hydrogen) atoms. The molecule has 2 aromatic heterocycles. The van der Waals surface area contributed by atoms with Gasteiger partial charge < -0.3 is 15.0 Å². The lowest BCUT2D eigenvalue weighted by molar-refractivity contribution is 0.0330. The molecule has 2 fully saturated rings. The van der Waals surface area contributed by atoms with E-state index in [0.717, 1.165) is 32.2 Å². The molecule has 3 heterocycles. The van der Waals surface area contributed by atoms with Gasteiger partial charge in [0.25, 0.3) is 0 Å². The maximum absolute atomic E-state index is 13.4. The third-order valence-electron chi connectivity index (χ3n) is 5.58. The summed E-state index contributed by atoms with van der Waals surface area (Å²) in [6.07, 6.45) is 3.02. The number of benzene rings is 1. The summed E-state index contributed by atoms with van der Waals surface area (Å²) in [6, 6.07) is 5.86. The Morgan fingerprint density at radius 2 is 2.32 bits per heavy atom. The first-order valence-corrected chi connectivity index (χ1v) is 10.4. The number of hydrogen-bond donors (Lipinski definition) is 4. The van der Waals surface area contributed by atoms with Crippen LogP contribution in [0.5, 0.6) is 0 Å². The molecule has 0 amide bonds. The number of hydroxylamine groups is 1. The Bertz CT molecular complexity index is 1140. The van der Waals surface area contributed by atoms with Gasteiger partial charge in [0.1, 0.15) is 5.82 Å². The predicted molar refractivity (Wildman–Crippen MR) is 115 cm³/mol. The highest BCUT2D eigenvalue weighted by molar-refractivity contribution is 6.31. The lowest BCUT2D eigenvalue weighted by Gasteiger charge is -2.26. The topological polar surface area (TPSA) is 113 Å². The van der Waals surface area contributed by atoms with Crippen LogP contribution in [0.15, 0.2) is 30.5 Å². The third-order valence-corrected chi connectivity index (χ3v) is 5.87. The van der Waals surface area contributed by atoms with E-state index in [1.165, 1.54) is 18.3 Å².